The van der Waals surface area contributed by atoms with Crippen molar-refractivity contribution in [1.29, 1.82) is 0 Å². The molecule has 0 unspecified atom stereocenters. The highest BCUT2D eigenvalue weighted by Crippen LogP contribution is 2.28. The number of amides is 1. The number of aryl methyl sites for hydroxylation is 1. The van der Waals surface area contributed by atoms with E-state index in [-0.39, 0.29) is 23.6 Å². The minimum absolute atomic E-state index is 0.105. The molecule has 3 heterocycles. The molecule has 3 aromatic heterocycles. The highest BCUT2D eigenvalue weighted by Gasteiger charge is 2.30. The Labute approximate surface area is 198 Å². The van der Waals surface area contributed by atoms with Gasteiger partial charge < -0.3 is 11.1 Å². The third-order valence-corrected chi connectivity index (χ3v) is 6.95. The lowest BCUT2D eigenvalue weighted by Crippen LogP contribution is -2.47. The number of benzene rings is 1. The Morgan fingerprint density at radius 2 is 1.88 bits per heavy atom. The summed E-state index contributed by atoms with van der Waals surface area (Å²) < 4.78 is 3.50. The third kappa shape index (κ3) is 3.81. The summed E-state index contributed by atoms with van der Waals surface area (Å²) in [6.45, 7) is 3.88. The number of carbonyl (C=O) groups is 1. The van der Waals surface area contributed by atoms with Gasteiger partial charge in [-0.15, -0.1) is 0 Å². The van der Waals surface area contributed by atoms with Crippen molar-refractivity contribution < 1.29 is 9.36 Å². The number of nitrogens with zero attached hydrogens (tertiary/aromatic N) is 3. The monoisotopic (exact) mass is 456 g/mol. The van der Waals surface area contributed by atoms with Crippen molar-refractivity contribution in [3.63, 3.8) is 0 Å². The number of pyridine rings is 2. The largest absolute Gasteiger partial charge is 0.345 e. The number of rotatable bonds is 4. The lowest BCUT2D eigenvalue weighted by molar-refractivity contribution is -0.689. The fraction of sp³-hybridized carbons (Fsp3) is 0.333. The molecule has 0 spiro atoms. The zero-order valence-corrected chi connectivity index (χ0v) is 19.6. The van der Waals surface area contributed by atoms with E-state index in [2.05, 4.69) is 5.32 Å². The second-order valence-electron chi connectivity index (χ2n) is 9.25. The predicted octanol–water partition coefficient (Wildman–Crippen LogP) is 4.02. The number of hydrogen-bond acceptors (Lipinski definition) is 4. The van der Waals surface area contributed by atoms with E-state index in [1.807, 2.05) is 60.9 Å². The molecule has 1 saturated carbocycles. The topological polar surface area (TPSA) is 93.4 Å². The highest BCUT2D eigenvalue weighted by molar-refractivity contribution is 6.00. The molecule has 1 aliphatic rings. The van der Waals surface area contributed by atoms with E-state index in [1.165, 1.54) is 6.42 Å². The molecule has 1 aliphatic carbocycles. The summed E-state index contributed by atoms with van der Waals surface area (Å²) in [6, 6.07) is 15.1. The summed E-state index contributed by atoms with van der Waals surface area (Å²) >= 11 is 0. The maximum Gasteiger partial charge on any atom is 0.278 e. The number of aromatic nitrogens is 3. The quantitative estimate of drug-likeness (QED) is 0.358. The Morgan fingerprint density at radius 3 is 2.62 bits per heavy atom. The Kier molecular flexibility index (Phi) is 5.77. The molecule has 0 aliphatic heterocycles. The van der Waals surface area contributed by atoms with Gasteiger partial charge in [-0.05, 0) is 57.2 Å². The van der Waals surface area contributed by atoms with Gasteiger partial charge >= 0.3 is 0 Å². The number of fused-ring (bicyclic) bond motifs is 2. The van der Waals surface area contributed by atoms with E-state index in [0.29, 0.717) is 28.1 Å². The van der Waals surface area contributed by atoms with E-state index >= 15 is 0 Å². The molecule has 3 N–H and O–H groups in total. The smallest absolute Gasteiger partial charge is 0.278 e. The van der Waals surface area contributed by atoms with Crippen LogP contribution in [0, 0.1) is 6.92 Å². The standard InChI is InChI=1S/C27H29N5O2/c1-17-10-9-15-31-24(17)30-25-22(27(31)34)16-21(23(28)32(25)20-13-7-4-8-14-20)26(33)29-18(2)19-11-5-3-6-12-19/h3,5-6,9-12,15-16,18,20,28H,4,7-8,13-14H2,1-2H3,(H,29,33)/p+1/t18-/m0/s1. The van der Waals surface area contributed by atoms with E-state index in [0.717, 1.165) is 36.8 Å². The Morgan fingerprint density at radius 1 is 1.15 bits per heavy atom. The van der Waals surface area contributed by atoms with Crippen LogP contribution >= 0.6 is 0 Å². The van der Waals surface area contributed by atoms with Crippen LogP contribution in [0.1, 0.15) is 72.6 Å². The van der Waals surface area contributed by atoms with Crippen LogP contribution < -0.4 is 21.2 Å². The molecule has 1 atom stereocenters. The number of nitrogens with two attached hydrogens (primary N) is 1. The maximum atomic E-state index is 13.5. The summed E-state index contributed by atoms with van der Waals surface area (Å²) in [4.78, 5) is 31.9. The van der Waals surface area contributed by atoms with Crippen molar-refractivity contribution in [2.24, 2.45) is 0 Å². The SMILES string of the molecule is Cc1cccn2c(=O)c3cc(C(=O)N[C@@H](C)c4ccccc4)c(N)[n+](C4CCCCC4)c3nc12. The van der Waals surface area contributed by atoms with Crippen LogP contribution in [0.25, 0.3) is 16.7 Å². The number of carbonyl (C=O) groups excluding carboxylic acids is 1. The van der Waals surface area contributed by atoms with Gasteiger partial charge in [0.1, 0.15) is 10.9 Å². The van der Waals surface area contributed by atoms with Gasteiger partial charge in [-0.25, -0.2) is 4.57 Å². The van der Waals surface area contributed by atoms with Gasteiger partial charge in [-0.1, -0.05) is 47.8 Å². The Balaban J connectivity index is 1.70. The first-order valence-electron chi connectivity index (χ1n) is 12.0. The molecule has 7 heteroatoms. The summed E-state index contributed by atoms with van der Waals surface area (Å²) in [5.74, 6) is 0.0658. The maximum absolute atomic E-state index is 13.5. The van der Waals surface area contributed by atoms with Gasteiger partial charge in [0.25, 0.3) is 17.1 Å². The van der Waals surface area contributed by atoms with Crippen molar-refractivity contribution >= 4 is 28.4 Å². The number of anilines is 1. The molecule has 0 bridgehead atoms. The first-order chi connectivity index (χ1) is 16.5. The van der Waals surface area contributed by atoms with Crippen molar-refractivity contribution in [2.45, 2.75) is 58.0 Å². The van der Waals surface area contributed by atoms with Crippen molar-refractivity contribution in [1.82, 2.24) is 14.7 Å². The van der Waals surface area contributed by atoms with Crippen LogP contribution in [0.15, 0.2) is 59.5 Å². The summed E-state index contributed by atoms with van der Waals surface area (Å²) in [5.41, 5.74) is 9.87. The summed E-state index contributed by atoms with van der Waals surface area (Å²) in [6.07, 6.45) is 6.98. The van der Waals surface area contributed by atoms with Crippen LogP contribution in [-0.4, -0.2) is 15.3 Å². The van der Waals surface area contributed by atoms with E-state index in [1.54, 1.807) is 16.7 Å². The Hall–Kier alpha value is -3.74. The third-order valence-electron chi connectivity index (χ3n) is 6.95. The second-order valence-corrected chi connectivity index (χ2v) is 9.25. The molecular weight excluding hydrogens is 426 g/mol. The fourth-order valence-electron chi connectivity index (χ4n) is 5.06. The number of hydrogen-bond donors (Lipinski definition) is 2. The Bertz CT molecular complexity index is 1440. The molecular formula is C27H30N5O2+. The van der Waals surface area contributed by atoms with Gasteiger partial charge in [0.05, 0.1) is 12.1 Å². The van der Waals surface area contributed by atoms with E-state index in [9.17, 15) is 9.59 Å². The molecule has 1 fully saturated rings. The van der Waals surface area contributed by atoms with Gasteiger partial charge in [0, 0.05) is 11.8 Å². The van der Waals surface area contributed by atoms with Crippen LogP contribution in [0.3, 0.4) is 0 Å². The predicted molar refractivity (Wildman–Crippen MR) is 133 cm³/mol. The second kappa shape index (κ2) is 8.89. The zero-order valence-electron chi connectivity index (χ0n) is 19.6. The van der Waals surface area contributed by atoms with Gasteiger partial charge in [0.2, 0.25) is 11.5 Å². The average Bonchev–Trinajstić information content (AvgIpc) is 2.85. The van der Waals surface area contributed by atoms with Gasteiger partial charge in [-0.2, -0.15) is 0 Å². The molecule has 1 aromatic carbocycles. The van der Waals surface area contributed by atoms with Crippen molar-refractivity contribution in [2.75, 3.05) is 5.73 Å². The lowest BCUT2D eigenvalue weighted by atomic mass is 9.94. The summed E-state index contributed by atoms with van der Waals surface area (Å²) in [7, 11) is 0. The molecule has 1 amide bonds. The summed E-state index contributed by atoms with van der Waals surface area (Å²) in [5, 5.41) is 3.46. The molecule has 0 radical (unpaired) electrons. The first-order valence-corrected chi connectivity index (χ1v) is 12.0. The van der Waals surface area contributed by atoms with E-state index in [4.69, 9.17) is 10.7 Å². The molecule has 34 heavy (non-hydrogen) atoms. The minimum Gasteiger partial charge on any atom is -0.345 e. The lowest BCUT2D eigenvalue weighted by Gasteiger charge is -2.24. The first kappa shape index (κ1) is 22.1. The van der Waals surface area contributed by atoms with E-state index < -0.39 is 0 Å². The van der Waals surface area contributed by atoms with Crippen molar-refractivity contribution in [3.05, 3.63) is 81.8 Å². The average molecular weight is 457 g/mol. The van der Waals surface area contributed by atoms with Crippen LogP contribution in [0.5, 0.6) is 0 Å². The minimum atomic E-state index is -0.297. The normalized spacial score (nSPS) is 15.5. The van der Waals surface area contributed by atoms with Gasteiger partial charge in [-0.3, -0.25) is 14.0 Å². The van der Waals surface area contributed by atoms with Crippen molar-refractivity contribution in [3.8, 4) is 0 Å². The number of nitrogen functional groups attached to an aromatic ring is 1. The zero-order chi connectivity index (χ0) is 23.8. The highest BCUT2D eigenvalue weighted by atomic mass is 16.2. The molecule has 7 nitrogen and oxygen atoms in total. The molecule has 4 aromatic rings. The fourth-order valence-corrected chi connectivity index (χ4v) is 5.06. The molecule has 0 saturated heterocycles. The van der Waals surface area contributed by atoms with Crippen LogP contribution in [-0.2, 0) is 0 Å². The van der Waals surface area contributed by atoms with Gasteiger partial charge in [0.15, 0.2) is 0 Å². The van der Waals surface area contributed by atoms with Crippen LogP contribution in [0.4, 0.5) is 5.82 Å². The number of nitrogens with one attached hydrogen (secondary N) is 1. The molecule has 174 valence electrons. The molecule has 5 rings (SSSR count). The van der Waals surface area contributed by atoms with Crippen LogP contribution in [0.2, 0.25) is 0 Å².